The van der Waals surface area contributed by atoms with Gasteiger partial charge < -0.3 is 29.3 Å². The van der Waals surface area contributed by atoms with Gasteiger partial charge in [-0.25, -0.2) is 9.78 Å². The number of rotatable bonds is 8. The number of amides is 2. The van der Waals surface area contributed by atoms with Crippen LogP contribution in [0.15, 0.2) is 59.5 Å². The molecule has 2 aromatic carbocycles. The van der Waals surface area contributed by atoms with E-state index in [9.17, 15) is 9.59 Å². The highest BCUT2D eigenvalue weighted by atomic mass is 16.6. The number of oxazole rings is 1. The summed E-state index contributed by atoms with van der Waals surface area (Å²) in [6, 6.07) is 12.6. The van der Waals surface area contributed by atoms with Gasteiger partial charge in [-0.05, 0) is 36.2 Å². The Kier molecular flexibility index (Phi) is 7.21. The van der Waals surface area contributed by atoms with Crippen LogP contribution in [0.4, 0.5) is 10.5 Å². The van der Waals surface area contributed by atoms with Gasteiger partial charge in [-0.2, -0.15) is 0 Å². The maximum absolute atomic E-state index is 12.8. The van der Waals surface area contributed by atoms with Crippen molar-refractivity contribution in [3.8, 4) is 17.1 Å². The molecule has 2 heterocycles. The van der Waals surface area contributed by atoms with Crippen molar-refractivity contribution in [2.75, 3.05) is 32.2 Å². The molecule has 0 spiro atoms. The lowest BCUT2D eigenvalue weighted by molar-refractivity contribution is 0.0832. The number of anilines is 1. The average Bonchev–Trinajstić information content (AvgIpc) is 3.54. The first-order valence-electron chi connectivity index (χ1n) is 10.6. The molecule has 1 unspecified atom stereocenters. The molecular weight excluding hydrogens is 426 g/mol. The van der Waals surface area contributed by atoms with E-state index in [-0.39, 0.29) is 12.0 Å². The fourth-order valence-electron chi connectivity index (χ4n) is 3.50. The van der Waals surface area contributed by atoms with E-state index >= 15 is 0 Å². The van der Waals surface area contributed by atoms with E-state index in [2.05, 4.69) is 15.6 Å². The molecule has 0 aliphatic carbocycles. The summed E-state index contributed by atoms with van der Waals surface area (Å²) in [5.74, 6) is 0.881. The molecule has 1 saturated heterocycles. The molecule has 3 aromatic rings. The number of aromatic nitrogens is 1. The van der Waals surface area contributed by atoms with Crippen LogP contribution >= 0.6 is 0 Å². The van der Waals surface area contributed by atoms with Gasteiger partial charge >= 0.3 is 6.09 Å². The summed E-state index contributed by atoms with van der Waals surface area (Å²) in [6.07, 6.45) is 3.60. The zero-order valence-electron chi connectivity index (χ0n) is 18.2. The minimum atomic E-state index is -0.456. The molecule has 0 radical (unpaired) electrons. The van der Waals surface area contributed by atoms with E-state index in [1.807, 2.05) is 12.1 Å². The van der Waals surface area contributed by atoms with Crippen molar-refractivity contribution >= 4 is 17.7 Å². The lowest BCUT2D eigenvalue weighted by Crippen LogP contribution is -2.30. The van der Waals surface area contributed by atoms with Gasteiger partial charge in [0.2, 0.25) is 0 Å². The zero-order chi connectivity index (χ0) is 23.0. The van der Waals surface area contributed by atoms with Crippen molar-refractivity contribution in [1.29, 1.82) is 0 Å². The van der Waals surface area contributed by atoms with E-state index in [0.717, 1.165) is 17.5 Å². The number of hydrogen-bond acceptors (Lipinski definition) is 7. The number of benzene rings is 2. The van der Waals surface area contributed by atoms with Gasteiger partial charge in [0.15, 0.2) is 12.2 Å². The number of carbonyl (C=O) groups excluding carboxylic acids is 2. The van der Waals surface area contributed by atoms with Crippen molar-refractivity contribution in [2.24, 2.45) is 0 Å². The van der Waals surface area contributed by atoms with Crippen LogP contribution in [-0.4, -0.2) is 50.0 Å². The van der Waals surface area contributed by atoms with Crippen molar-refractivity contribution < 1.29 is 28.2 Å². The van der Waals surface area contributed by atoms with Crippen LogP contribution < -0.4 is 15.4 Å². The number of carbonyl (C=O) groups is 2. The van der Waals surface area contributed by atoms with Crippen LogP contribution in [0.5, 0.6) is 5.75 Å². The Morgan fingerprint density at radius 1 is 1.21 bits per heavy atom. The van der Waals surface area contributed by atoms with Crippen LogP contribution in [0.2, 0.25) is 0 Å². The second kappa shape index (κ2) is 10.6. The third-order valence-corrected chi connectivity index (χ3v) is 5.19. The largest absolute Gasteiger partial charge is 0.496 e. The lowest BCUT2D eigenvalue weighted by atomic mass is 10.1. The fourth-order valence-corrected chi connectivity index (χ4v) is 3.50. The number of nitrogens with one attached hydrogen (secondary N) is 2. The highest BCUT2D eigenvalue weighted by molar-refractivity contribution is 6.04. The maximum Gasteiger partial charge on any atom is 0.407 e. The van der Waals surface area contributed by atoms with Crippen molar-refractivity contribution in [1.82, 2.24) is 10.3 Å². The summed E-state index contributed by atoms with van der Waals surface area (Å²) in [7, 11) is 1.55. The van der Waals surface area contributed by atoms with Gasteiger partial charge in [-0.15, -0.1) is 0 Å². The third-order valence-electron chi connectivity index (χ3n) is 5.19. The van der Waals surface area contributed by atoms with Gasteiger partial charge in [-0.3, -0.25) is 4.79 Å². The van der Waals surface area contributed by atoms with Crippen LogP contribution in [0.3, 0.4) is 0 Å². The molecule has 1 fully saturated rings. The van der Waals surface area contributed by atoms with Crippen molar-refractivity contribution in [3.05, 3.63) is 66.2 Å². The van der Waals surface area contributed by atoms with E-state index < -0.39 is 6.09 Å². The number of alkyl carbamates (subject to hydrolysis) is 1. The molecule has 2 amide bonds. The molecule has 4 rings (SSSR count). The number of methoxy groups -OCH3 is 1. The van der Waals surface area contributed by atoms with Gasteiger partial charge in [0.05, 0.1) is 32.1 Å². The number of nitrogens with zero attached hydrogens (tertiary/aromatic N) is 1. The summed E-state index contributed by atoms with van der Waals surface area (Å²) in [6.45, 7) is 1.46. The number of ether oxygens (including phenoxy) is 3. The van der Waals surface area contributed by atoms with E-state index in [1.54, 1.807) is 43.6 Å². The van der Waals surface area contributed by atoms with Crippen LogP contribution in [0.1, 0.15) is 22.3 Å². The Morgan fingerprint density at radius 2 is 2.12 bits per heavy atom. The number of hydrogen-bond donors (Lipinski definition) is 2. The predicted octanol–water partition coefficient (Wildman–Crippen LogP) is 3.66. The SMILES string of the molecule is COc1cc(NC(=O)c2cccc(CCNC(=O)OC3CCOC3)c2)ccc1-c1cnco1. The van der Waals surface area contributed by atoms with Crippen LogP contribution in [0.25, 0.3) is 11.3 Å². The predicted molar refractivity (Wildman–Crippen MR) is 120 cm³/mol. The first-order valence-corrected chi connectivity index (χ1v) is 10.6. The minimum absolute atomic E-state index is 0.180. The Bertz CT molecular complexity index is 1090. The second-order valence-corrected chi connectivity index (χ2v) is 7.50. The Morgan fingerprint density at radius 3 is 2.88 bits per heavy atom. The summed E-state index contributed by atoms with van der Waals surface area (Å²) in [5.41, 5.74) is 2.76. The third kappa shape index (κ3) is 5.89. The van der Waals surface area contributed by atoms with Crippen molar-refractivity contribution in [2.45, 2.75) is 18.9 Å². The molecule has 9 heteroatoms. The van der Waals surface area contributed by atoms with Gasteiger partial charge in [0.25, 0.3) is 5.91 Å². The molecule has 9 nitrogen and oxygen atoms in total. The molecule has 0 saturated carbocycles. The fraction of sp³-hybridized carbons (Fsp3) is 0.292. The molecule has 1 aliphatic rings. The van der Waals surface area contributed by atoms with Gasteiger partial charge in [0, 0.05) is 30.3 Å². The zero-order valence-corrected chi connectivity index (χ0v) is 18.2. The molecule has 1 aliphatic heterocycles. The second-order valence-electron chi connectivity index (χ2n) is 7.50. The van der Waals surface area contributed by atoms with Gasteiger partial charge in [-0.1, -0.05) is 12.1 Å². The lowest BCUT2D eigenvalue weighted by Gasteiger charge is -2.12. The molecule has 1 atom stereocenters. The summed E-state index contributed by atoms with van der Waals surface area (Å²) < 4.78 is 21.2. The molecule has 33 heavy (non-hydrogen) atoms. The first-order chi connectivity index (χ1) is 16.1. The van der Waals surface area contributed by atoms with Gasteiger partial charge in [0.1, 0.15) is 11.9 Å². The Hall–Kier alpha value is -3.85. The summed E-state index contributed by atoms with van der Waals surface area (Å²) >= 11 is 0. The molecule has 172 valence electrons. The summed E-state index contributed by atoms with van der Waals surface area (Å²) in [4.78, 5) is 28.5. The smallest absolute Gasteiger partial charge is 0.407 e. The molecule has 2 N–H and O–H groups in total. The highest BCUT2D eigenvalue weighted by Crippen LogP contribution is 2.32. The highest BCUT2D eigenvalue weighted by Gasteiger charge is 2.19. The van der Waals surface area contributed by atoms with Crippen molar-refractivity contribution in [3.63, 3.8) is 0 Å². The molecule has 0 bridgehead atoms. The van der Waals surface area contributed by atoms with E-state index in [0.29, 0.717) is 48.9 Å². The average molecular weight is 451 g/mol. The topological polar surface area (TPSA) is 112 Å². The van der Waals surface area contributed by atoms with E-state index in [1.165, 1.54) is 6.39 Å². The monoisotopic (exact) mass is 451 g/mol. The van der Waals surface area contributed by atoms with Crippen LogP contribution in [-0.2, 0) is 15.9 Å². The van der Waals surface area contributed by atoms with Crippen LogP contribution in [0, 0.1) is 0 Å². The first kappa shape index (κ1) is 22.3. The summed E-state index contributed by atoms with van der Waals surface area (Å²) in [5, 5.41) is 5.61. The standard InChI is InChI=1S/C24H25N3O6/c1-30-21-12-18(5-6-20(21)22-13-25-15-32-22)27-23(28)17-4-2-3-16(11-17)7-9-26-24(29)33-19-8-10-31-14-19/h2-6,11-13,15,19H,7-10,14H2,1H3,(H,26,29)(H,27,28). The van der Waals surface area contributed by atoms with E-state index in [4.69, 9.17) is 18.6 Å². The molecule has 1 aromatic heterocycles. The quantitative estimate of drug-likeness (QED) is 0.537. The Labute approximate surface area is 191 Å². The minimum Gasteiger partial charge on any atom is -0.496 e. The molecular formula is C24H25N3O6. The Balaban J connectivity index is 1.33. The normalized spacial score (nSPS) is 15.1. The maximum atomic E-state index is 12.8.